The second-order valence-corrected chi connectivity index (χ2v) is 2.49. The molecule has 12 heavy (non-hydrogen) atoms. The number of hydrogen-bond acceptors (Lipinski definition) is 2. The molecule has 0 amide bonds. The number of hydrogen-bond donors (Lipinski definition) is 2. The van der Waals surface area contributed by atoms with Crippen LogP contribution in [-0.4, -0.2) is 22.4 Å². The van der Waals surface area contributed by atoms with Crippen molar-refractivity contribution < 1.29 is 10.2 Å². The highest BCUT2D eigenvalue weighted by Crippen LogP contribution is 1.82. The largest absolute Gasteiger partial charge is 0.389 e. The third-order valence-electron chi connectivity index (χ3n) is 0.999. The van der Waals surface area contributed by atoms with Crippen molar-refractivity contribution in [2.45, 2.75) is 26.1 Å². The zero-order valence-corrected chi connectivity index (χ0v) is 7.36. The number of rotatable bonds is 2. The highest BCUT2D eigenvalue weighted by molar-refractivity contribution is 5.24. The van der Waals surface area contributed by atoms with Gasteiger partial charge in [-0.25, -0.2) is 0 Å². The standard InChI is InChI=1S/C10H14O2/c1-9(11)7-5-3-4-6-8-10(2)12/h5-12H,1-2H3/b7-5+,8-6+. The van der Waals surface area contributed by atoms with Crippen molar-refractivity contribution in [3.8, 4) is 11.8 Å². The van der Waals surface area contributed by atoms with Gasteiger partial charge < -0.3 is 10.2 Å². The topological polar surface area (TPSA) is 40.5 Å². The normalized spacial score (nSPS) is 16.0. The zero-order chi connectivity index (χ0) is 9.40. The summed E-state index contributed by atoms with van der Waals surface area (Å²) < 4.78 is 0. The van der Waals surface area contributed by atoms with Gasteiger partial charge in [0.1, 0.15) is 0 Å². The quantitative estimate of drug-likeness (QED) is 0.597. The maximum atomic E-state index is 8.78. The summed E-state index contributed by atoms with van der Waals surface area (Å²) in [4.78, 5) is 0. The maximum absolute atomic E-state index is 8.78. The number of aliphatic hydroxyl groups is 2. The molecule has 0 spiro atoms. The minimum Gasteiger partial charge on any atom is -0.389 e. The molecule has 0 rings (SSSR count). The Labute approximate surface area is 73.2 Å². The molecule has 0 aliphatic heterocycles. The van der Waals surface area contributed by atoms with Crippen molar-refractivity contribution >= 4 is 0 Å². The van der Waals surface area contributed by atoms with Crippen LogP contribution in [0.4, 0.5) is 0 Å². The molecular weight excluding hydrogens is 152 g/mol. The van der Waals surface area contributed by atoms with Gasteiger partial charge in [0.25, 0.3) is 0 Å². The van der Waals surface area contributed by atoms with Crippen molar-refractivity contribution in [1.82, 2.24) is 0 Å². The van der Waals surface area contributed by atoms with Gasteiger partial charge in [0.2, 0.25) is 0 Å². The van der Waals surface area contributed by atoms with Crippen LogP contribution in [0.1, 0.15) is 13.8 Å². The first kappa shape index (κ1) is 11.0. The maximum Gasteiger partial charge on any atom is 0.0701 e. The zero-order valence-electron chi connectivity index (χ0n) is 7.36. The molecule has 2 N–H and O–H groups in total. The number of aliphatic hydroxyl groups excluding tert-OH is 2. The molecule has 0 aliphatic carbocycles. The third kappa shape index (κ3) is 8.96. The van der Waals surface area contributed by atoms with Crippen molar-refractivity contribution in [1.29, 1.82) is 0 Å². The molecule has 0 aromatic carbocycles. The first-order valence-corrected chi connectivity index (χ1v) is 3.83. The molecule has 0 fully saturated rings. The average Bonchev–Trinajstić information content (AvgIpc) is 1.95. The van der Waals surface area contributed by atoms with Crippen LogP contribution in [0.3, 0.4) is 0 Å². The van der Waals surface area contributed by atoms with Crippen LogP contribution in [0, 0.1) is 11.8 Å². The lowest BCUT2D eigenvalue weighted by Crippen LogP contribution is -1.91. The SMILES string of the molecule is CC(O)/C=C/C#C/C=C/C(C)O. The van der Waals surface area contributed by atoms with Crippen molar-refractivity contribution in [3.63, 3.8) is 0 Å². The summed E-state index contributed by atoms with van der Waals surface area (Å²) in [5.74, 6) is 5.37. The third-order valence-corrected chi connectivity index (χ3v) is 0.999. The van der Waals surface area contributed by atoms with E-state index in [1.165, 1.54) is 0 Å². The smallest absolute Gasteiger partial charge is 0.0701 e. The van der Waals surface area contributed by atoms with Gasteiger partial charge >= 0.3 is 0 Å². The summed E-state index contributed by atoms with van der Waals surface area (Å²) in [7, 11) is 0. The van der Waals surface area contributed by atoms with E-state index < -0.39 is 12.2 Å². The van der Waals surface area contributed by atoms with E-state index in [0.717, 1.165) is 0 Å². The monoisotopic (exact) mass is 166 g/mol. The Morgan fingerprint density at radius 3 is 1.50 bits per heavy atom. The van der Waals surface area contributed by atoms with Gasteiger partial charge in [-0.2, -0.15) is 0 Å². The van der Waals surface area contributed by atoms with E-state index in [2.05, 4.69) is 11.8 Å². The lowest BCUT2D eigenvalue weighted by Gasteiger charge is -1.88. The molecule has 2 heteroatoms. The van der Waals surface area contributed by atoms with E-state index in [-0.39, 0.29) is 0 Å². The van der Waals surface area contributed by atoms with E-state index >= 15 is 0 Å². The molecule has 2 atom stereocenters. The van der Waals surface area contributed by atoms with Gasteiger partial charge in [-0.05, 0) is 38.2 Å². The molecule has 0 heterocycles. The first-order chi connectivity index (χ1) is 5.63. The van der Waals surface area contributed by atoms with Gasteiger partial charge in [-0.3, -0.25) is 0 Å². The van der Waals surface area contributed by atoms with E-state index in [4.69, 9.17) is 10.2 Å². The summed E-state index contributed by atoms with van der Waals surface area (Å²) in [6.07, 6.45) is 5.42. The summed E-state index contributed by atoms with van der Waals surface area (Å²) in [6.45, 7) is 3.31. The molecule has 66 valence electrons. The lowest BCUT2D eigenvalue weighted by atomic mass is 10.3. The van der Waals surface area contributed by atoms with Gasteiger partial charge in [-0.1, -0.05) is 11.8 Å². The highest BCUT2D eigenvalue weighted by atomic mass is 16.3. The summed E-state index contributed by atoms with van der Waals surface area (Å²) in [5, 5.41) is 17.6. The van der Waals surface area contributed by atoms with E-state index in [1.807, 2.05) is 0 Å². The summed E-state index contributed by atoms with van der Waals surface area (Å²) >= 11 is 0. The van der Waals surface area contributed by atoms with Crippen LogP contribution < -0.4 is 0 Å². The van der Waals surface area contributed by atoms with Crippen LogP contribution in [0.2, 0.25) is 0 Å². The predicted octanol–water partition coefficient (Wildman–Crippen LogP) is 0.864. The summed E-state index contributed by atoms with van der Waals surface area (Å²) in [6, 6.07) is 0. The van der Waals surface area contributed by atoms with Crippen molar-refractivity contribution in [2.24, 2.45) is 0 Å². The Morgan fingerprint density at radius 2 is 1.25 bits per heavy atom. The Hall–Kier alpha value is -1.04. The predicted molar refractivity (Wildman–Crippen MR) is 49.4 cm³/mol. The molecule has 0 radical (unpaired) electrons. The Kier molecular flexibility index (Phi) is 6.08. The van der Waals surface area contributed by atoms with Crippen LogP contribution >= 0.6 is 0 Å². The molecule has 0 aliphatic rings. The lowest BCUT2D eigenvalue weighted by molar-refractivity contribution is 0.243. The van der Waals surface area contributed by atoms with Gasteiger partial charge in [0, 0.05) is 0 Å². The first-order valence-electron chi connectivity index (χ1n) is 3.83. The van der Waals surface area contributed by atoms with Crippen molar-refractivity contribution in [3.05, 3.63) is 24.3 Å². The van der Waals surface area contributed by atoms with Crippen LogP contribution in [0.15, 0.2) is 24.3 Å². The van der Waals surface area contributed by atoms with Gasteiger partial charge in [0.15, 0.2) is 0 Å². The molecule has 0 aromatic heterocycles. The van der Waals surface area contributed by atoms with E-state index in [1.54, 1.807) is 38.2 Å². The fourth-order valence-corrected chi connectivity index (χ4v) is 0.471. The average molecular weight is 166 g/mol. The van der Waals surface area contributed by atoms with Crippen LogP contribution in [0.25, 0.3) is 0 Å². The second kappa shape index (κ2) is 6.66. The molecule has 0 aromatic rings. The molecule has 0 saturated carbocycles. The van der Waals surface area contributed by atoms with Crippen molar-refractivity contribution in [2.75, 3.05) is 0 Å². The van der Waals surface area contributed by atoms with Gasteiger partial charge in [0.05, 0.1) is 12.2 Å². The molecule has 2 unspecified atom stereocenters. The fourth-order valence-electron chi connectivity index (χ4n) is 0.471. The Balaban J connectivity index is 3.75. The second-order valence-electron chi connectivity index (χ2n) is 2.49. The minimum atomic E-state index is -0.458. The molecular formula is C10H14O2. The summed E-state index contributed by atoms with van der Waals surface area (Å²) in [5.41, 5.74) is 0. The van der Waals surface area contributed by atoms with Crippen LogP contribution in [0.5, 0.6) is 0 Å². The molecule has 2 nitrogen and oxygen atoms in total. The number of allylic oxidation sites excluding steroid dienone is 2. The Morgan fingerprint density at radius 1 is 0.917 bits per heavy atom. The Bertz CT molecular complexity index is 192. The van der Waals surface area contributed by atoms with Gasteiger partial charge in [-0.15, -0.1) is 0 Å². The molecule has 0 bridgehead atoms. The van der Waals surface area contributed by atoms with E-state index in [9.17, 15) is 0 Å². The highest BCUT2D eigenvalue weighted by Gasteiger charge is 1.81. The molecule has 0 saturated heterocycles. The van der Waals surface area contributed by atoms with E-state index in [0.29, 0.717) is 0 Å². The van der Waals surface area contributed by atoms with Crippen LogP contribution in [-0.2, 0) is 0 Å². The fraction of sp³-hybridized carbons (Fsp3) is 0.400. The minimum absolute atomic E-state index is 0.458.